The molecular weight excluding hydrogens is 432 g/mol. The number of piperidine rings is 1. The van der Waals surface area contributed by atoms with Crippen molar-refractivity contribution in [1.82, 2.24) is 5.32 Å². The van der Waals surface area contributed by atoms with Crippen LogP contribution in [0.1, 0.15) is 43.0 Å². The van der Waals surface area contributed by atoms with Gasteiger partial charge in [0.05, 0.1) is 5.56 Å². The van der Waals surface area contributed by atoms with Crippen LogP contribution in [0.5, 0.6) is 0 Å². The quantitative estimate of drug-likeness (QED) is 0.555. The molecule has 1 aliphatic heterocycles. The standard InChI is InChI=1S/C22H27BrN4O2/c1-2-11-24-21(28)19-15-18(9-10-20(19)27-12-4-3-5-13-27)26-22(29)25-17-8-6-7-16(23)14-17/h6-10,14-15H,2-5,11-13H2,1H3,(H,24,28)(H2,25,26,29). The molecule has 1 fully saturated rings. The molecule has 3 rings (SSSR count). The summed E-state index contributed by atoms with van der Waals surface area (Å²) < 4.78 is 0.885. The van der Waals surface area contributed by atoms with Gasteiger partial charge in [-0.25, -0.2) is 4.79 Å². The SMILES string of the molecule is CCCNC(=O)c1cc(NC(=O)Nc2cccc(Br)c2)ccc1N1CCCCC1. The second kappa shape index (κ2) is 10.3. The summed E-state index contributed by atoms with van der Waals surface area (Å²) in [6.45, 7) is 4.55. The van der Waals surface area contributed by atoms with Crippen LogP contribution in [0.25, 0.3) is 0 Å². The molecule has 1 heterocycles. The molecule has 1 aliphatic rings. The summed E-state index contributed by atoms with van der Waals surface area (Å²) in [4.78, 5) is 27.4. The Morgan fingerprint density at radius 3 is 2.41 bits per heavy atom. The van der Waals surface area contributed by atoms with Crippen molar-refractivity contribution >= 4 is 44.9 Å². The van der Waals surface area contributed by atoms with Gasteiger partial charge in [0.2, 0.25) is 0 Å². The first-order valence-corrected chi connectivity index (χ1v) is 10.9. The number of urea groups is 1. The predicted molar refractivity (Wildman–Crippen MR) is 122 cm³/mol. The van der Waals surface area contributed by atoms with Gasteiger partial charge < -0.3 is 20.9 Å². The summed E-state index contributed by atoms with van der Waals surface area (Å²) in [5.74, 6) is -0.108. The van der Waals surface area contributed by atoms with Gasteiger partial charge in [-0.15, -0.1) is 0 Å². The Bertz CT molecular complexity index is 866. The number of anilines is 3. The fourth-order valence-corrected chi connectivity index (χ4v) is 3.80. The van der Waals surface area contributed by atoms with E-state index in [2.05, 4.69) is 36.8 Å². The normalized spacial score (nSPS) is 13.7. The fraction of sp³-hybridized carbons (Fsp3) is 0.364. The molecule has 7 heteroatoms. The molecule has 0 saturated carbocycles. The number of hydrogen-bond acceptors (Lipinski definition) is 3. The minimum atomic E-state index is -0.353. The Morgan fingerprint density at radius 1 is 1.00 bits per heavy atom. The average molecular weight is 459 g/mol. The van der Waals surface area contributed by atoms with Crippen molar-refractivity contribution in [1.29, 1.82) is 0 Å². The third-order valence-corrected chi connectivity index (χ3v) is 5.31. The van der Waals surface area contributed by atoms with E-state index in [1.54, 1.807) is 6.07 Å². The Labute approximate surface area is 180 Å². The molecule has 0 aliphatic carbocycles. The van der Waals surface area contributed by atoms with E-state index in [0.717, 1.165) is 42.5 Å². The van der Waals surface area contributed by atoms with E-state index in [1.807, 2.05) is 43.3 Å². The lowest BCUT2D eigenvalue weighted by atomic mass is 10.1. The molecule has 2 aromatic rings. The number of hydrogen-bond donors (Lipinski definition) is 3. The lowest BCUT2D eigenvalue weighted by Crippen LogP contribution is -2.33. The molecule has 2 aromatic carbocycles. The molecule has 0 atom stereocenters. The molecule has 29 heavy (non-hydrogen) atoms. The minimum absolute atomic E-state index is 0.108. The Kier molecular flexibility index (Phi) is 7.52. The summed E-state index contributed by atoms with van der Waals surface area (Å²) in [7, 11) is 0. The first kappa shape index (κ1) is 21.2. The van der Waals surface area contributed by atoms with Crippen LogP contribution in [0.2, 0.25) is 0 Å². The van der Waals surface area contributed by atoms with Crippen molar-refractivity contribution in [3.05, 3.63) is 52.5 Å². The Balaban J connectivity index is 1.77. The van der Waals surface area contributed by atoms with Crippen LogP contribution in [0, 0.1) is 0 Å². The maximum atomic E-state index is 12.8. The Hall–Kier alpha value is -2.54. The van der Waals surface area contributed by atoms with Crippen molar-refractivity contribution in [3.63, 3.8) is 0 Å². The maximum Gasteiger partial charge on any atom is 0.323 e. The zero-order valence-electron chi connectivity index (χ0n) is 16.6. The second-order valence-electron chi connectivity index (χ2n) is 7.13. The van der Waals surface area contributed by atoms with Crippen LogP contribution in [0.3, 0.4) is 0 Å². The third-order valence-electron chi connectivity index (χ3n) is 4.81. The Morgan fingerprint density at radius 2 is 1.72 bits per heavy atom. The van der Waals surface area contributed by atoms with E-state index in [9.17, 15) is 9.59 Å². The highest BCUT2D eigenvalue weighted by atomic mass is 79.9. The van der Waals surface area contributed by atoms with Gasteiger partial charge in [0.25, 0.3) is 5.91 Å². The van der Waals surface area contributed by atoms with Gasteiger partial charge in [0.15, 0.2) is 0 Å². The monoisotopic (exact) mass is 458 g/mol. The van der Waals surface area contributed by atoms with Gasteiger partial charge in [0, 0.05) is 41.2 Å². The van der Waals surface area contributed by atoms with Crippen LogP contribution in [-0.4, -0.2) is 31.6 Å². The van der Waals surface area contributed by atoms with E-state index in [4.69, 9.17) is 0 Å². The first-order valence-electron chi connectivity index (χ1n) is 10.1. The summed E-state index contributed by atoms with van der Waals surface area (Å²) in [6.07, 6.45) is 4.36. The highest BCUT2D eigenvalue weighted by Crippen LogP contribution is 2.27. The predicted octanol–water partition coefficient (Wildman–Crippen LogP) is 5.22. The zero-order valence-corrected chi connectivity index (χ0v) is 18.2. The summed E-state index contributed by atoms with van der Waals surface area (Å²) >= 11 is 3.39. The van der Waals surface area contributed by atoms with E-state index < -0.39 is 0 Å². The molecule has 6 nitrogen and oxygen atoms in total. The van der Waals surface area contributed by atoms with Crippen LogP contribution in [-0.2, 0) is 0 Å². The molecular formula is C22H27BrN4O2. The van der Waals surface area contributed by atoms with E-state index in [0.29, 0.717) is 23.5 Å². The number of rotatable bonds is 6. The van der Waals surface area contributed by atoms with Gasteiger partial charge >= 0.3 is 6.03 Å². The first-order chi connectivity index (χ1) is 14.1. The van der Waals surface area contributed by atoms with Crippen LogP contribution >= 0.6 is 15.9 Å². The molecule has 3 N–H and O–H groups in total. The molecule has 0 aromatic heterocycles. The second-order valence-corrected chi connectivity index (χ2v) is 8.04. The molecule has 3 amide bonds. The largest absolute Gasteiger partial charge is 0.371 e. The number of halogens is 1. The summed E-state index contributed by atoms with van der Waals surface area (Å²) in [5.41, 5.74) is 2.79. The van der Waals surface area contributed by atoms with Crippen molar-refractivity contribution in [2.24, 2.45) is 0 Å². The molecule has 0 spiro atoms. The zero-order chi connectivity index (χ0) is 20.6. The van der Waals surface area contributed by atoms with E-state index in [-0.39, 0.29) is 11.9 Å². The number of carbonyl (C=O) groups excluding carboxylic acids is 2. The fourth-order valence-electron chi connectivity index (χ4n) is 3.40. The van der Waals surface area contributed by atoms with Gasteiger partial charge in [-0.3, -0.25) is 4.79 Å². The lowest BCUT2D eigenvalue weighted by Gasteiger charge is -2.30. The highest BCUT2D eigenvalue weighted by Gasteiger charge is 2.19. The number of amides is 3. The summed E-state index contributed by atoms with van der Waals surface area (Å²) in [6, 6.07) is 12.6. The van der Waals surface area contributed by atoms with Crippen LogP contribution < -0.4 is 20.9 Å². The molecule has 0 radical (unpaired) electrons. The van der Waals surface area contributed by atoms with Crippen molar-refractivity contribution in [3.8, 4) is 0 Å². The van der Waals surface area contributed by atoms with Gasteiger partial charge in [-0.1, -0.05) is 28.9 Å². The third kappa shape index (κ3) is 5.97. The van der Waals surface area contributed by atoms with Crippen molar-refractivity contribution in [2.45, 2.75) is 32.6 Å². The summed E-state index contributed by atoms with van der Waals surface area (Å²) in [5, 5.41) is 8.58. The number of benzene rings is 2. The molecule has 154 valence electrons. The van der Waals surface area contributed by atoms with Crippen LogP contribution in [0.15, 0.2) is 46.9 Å². The maximum absolute atomic E-state index is 12.8. The van der Waals surface area contributed by atoms with Gasteiger partial charge in [-0.2, -0.15) is 0 Å². The number of carbonyl (C=O) groups is 2. The smallest absolute Gasteiger partial charge is 0.323 e. The lowest BCUT2D eigenvalue weighted by molar-refractivity contribution is 0.0954. The minimum Gasteiger partial charge on any atom is -0.371 e. The van der Waals surface area contributed by atoms with Gasteiger partial charge in [-0.05, 0) is 62.1 Å². The average Bonchev–Trinajstić information content (AvgIpc) is 2.72. The molecule has 0 unspecified atom stereocenters. The number of nitrogens with one attached hydrogen (secondary N) is 3. The van der Waals surface area contributed by atoms with E-state index in [1.165, 1.54) is 6.42 Å². The van der Waals surface area contributed by atoms with E-state index >= 15 is 0 Å². The molecule has 0 bridgehead atoms. The van der Waals surface area contributed by atoms with Gasteiger partial charge in [0.1, 0.15) is 0 Å². The van der Waals surface area contributed by atoms with Crippen molar-refractivity contribution < 1.29 is 9.59 Å². The molecule has 1 saturated heterocycles. The van der Waals surface area contributed by atoms with Crippen LogP contribution in [0.4, 0.5) is 21.9 Å². The van der Waals surface area contributed by atoms with Crippen molar-refractivity contribution in [2.75, 3.05) is 35.2 Å². The number of nitrogens with zero attached hydrogens (tertiary/aromatic N) is 1. The topological polar surface area (TPSA) is 73.5 Å². The highest BCUT2D eigenvalue weighted by molar-refractivity contribution is 9.10.